The molecule has 0 amide bonds. The lowest BCUT2D eigenvalue weighted by atomic mass is 9.82. The first-order chi connectivity index (χ1) is 19.2. The summed E-state index contributed by atoms with van der Waals surface area (Å²) in [5, 5.41) is 0. The highest BCUT2D eigenvalue weighted by atomic mass is 15.1. The molecule has 0 spiro atoms. The minimum Gasteiger partial charge on any atom is -0.327 e. The van der Waals surface area contributed by atoms with E-state index >= 15 is 0 Å². The third-order valence-corrected chi connectivity index (χ3v) is 7.98. The molecule has 0 unspecified atom stereocenters. The maximum atomic E-state index is 5.14. The van der Waals surface area contributed by atoms with Crippen molar-refractivity contribution in [2.75, 3.05) is 0 Å². The van der Waals surface area contributed by atoms with Crippen LogP contribution in [0, 0.1) is 6.92 Å². The molecule has 202 valence electrons. The number of hydrogen-bond acceptors (Lipinski definition) is 2. The normalized spacial score (nSPS) is 12.1. The van der Waals surface area contributed by atoms with Crippen molar-refractivity contribution in [1.82, 2.24) is 19.1 Å². The van der Waals surface area contributed by atoms with Crippen molar-refractivity contribution in [1.29, 1.82) is 0 Å². The number of fused-ring (bicyclic) bond motifs is 2. The zero-order valence-corrected chi connectivity index (χ0v) is 24.5. The summed E-state index contributed by atoms with van der Waals surface area (Å²) in [5.41, 5.74) is 12.0. The van der Waals surface area contributed by atoms with Crippen LogP contribution in [0.3, 0.4) is 0 Å². The molecule has 0 fully saturated rings. The van der Waals surface area contributed by atoms with E-state index in [4.69, 9.17) is 9.97 Å². The van der Waals surface area contributed by atoms with E-state index < -0.39 is 0 Å². The van der Waals surface area contributed by atoms with Crippen LogP contribution in [-0.2, 0) is 25.4 Å². The van der Waals surface area contributed by atoms with Gasteiger partial charge in [-0.15, -0.1) is 0 Å². The van der Waals surface area contributed by atoms with E-state index in [-0.39, 0.29) is 5.41 Å². The predicted octanol–water partition coefficient (Wildman–Crippen LogP) is 8.86. The second kappa shape index (κ2) is 10.1. The van der Waals surface area contributed by atoms with Gasteiger partial charge in [0.2, 0.25) is 0 Å². The summed E-state index contributed by atoms with van der Waals surface area (Å²) >= 11 is 0. The van der Waals surface area contributed by atoms with Gasteiger partial charge in [0.25, 0.3) is 0 Å². The first-order valence-corrected chi connectivity index (χ1v) is 14.3. The summed E-state index contributed by atoms with van der Waals surface area (Å²) in [4.78, 5) is 10.1. The average molecular weight is 527 g/mol. The molecular weight excluding hydrogens is 488 g/mol. The van der Waals surface area contributed by atoms with Crippen molar-refractivity contribution in [3.63, 3.8) is 0 Å². The van der Waals surface area contributed by atoms with Crippen molar-refractivity contribution in [3.8, 4) is 22.5 Å². The molecule has 0 aliphatic carbocycles. The van der Waals surface area contributed by atoms with Crippen LogP contribution in [0.2, 0.25) is 0 Å². The molecule has 0 radical (unpaired) electrons. The van der Waals surface area contributed by atoms with E-state index in [1.807, 2.05) is 6.07 Å². The second-order valence-electron chi connectivity index (χ2n) is 12.0. The van der Waals surface area contributed by atoms with E-state index in [0.29, 0.717) is 0 Å². The molecule has 2 aromatic heterocycles. The quantitative estimate of drug-likeness (QED) is 0.217. The van der Waals surface area contributed by atoms with Crippen LogP contribution in [0.5, 0.6) is 0 Å². The highest BCUT2D eigenvalue weighted by molar-refractivity contribution is 5.87. The molecular formula is C36H38N4. The summed E-state index contributed by atoms with van der Waals surface area (Å²) < 4.78 is 4.61. The number of nitrogens with zero attached hydrogens (tertiary/aromatic N) is 4. The van der Waals surface area contributed by atoms with Gasteiger partial charge in [-0.25, -0.2) is 9.97 Å². The van der Waals surface area contributed by atoms with Crippen LogP contribution in [0.1, 0.15) is 56.6 Å². The summed E-state index contributed by atoms with van der Waals surface area (Å²) in [6.07, 6.45) is 2.01. The van der Waals surface area contributed by atoms with E-state index in [1.165, 1.54) is 33.3 Å². The van der Waals surface area contributed by atoms with Crippen molar-refractivity contribution < 1.29 is 0 Å². The van der Waals surface area contributed by atoms with E-state index in [9.17, 15) is 0 Å². The summed E-state index contributed by atoms with van der Waals surface area (Å²) in [6.45, 7) is 12.0. The molecule has 4 nitrogen and oxygen atoms in total. The average Bonchev–Trinajstić information content (AvgIpc) is 3.46. The number of aryl methyl sites for hydroxylation is 3. The molecule has 0 bridgehead atoms. The lowest BCUT2D eigenvalue weighted by molar-refractivity contribution is 0.592. The van der Waals surface area contributed by atoms with E-state index in [2.05, 4.69) is 130 Å². The monoisotopic (exact) mass is 526 g/mol. The Labute approximate surface area is 237 Å². The molecule has 0 aliphatic heterocycles. The lowest BCUT2D eigenvalue weighted by Crippen LogP contribution is -2.12. The van der Waals surface area contributed by atoms with Crippen LogP contribution in [0.15, 0.2) is 84.9 Å². The molecule has 0 saturated heterocycles. The first kappa shape index (κ1) is 26.1. The SMILES string of the molecule is CCCc1nc2c(C)cc(-c3nc4ccccc4n3C)cc2n1Cc1ccc(-c2ccccc2C(C)(C)C)cc1. The molecule has 0 atom stereocenters. The van der Waals surface area contributed by atoms with Crippen LogP contribution in [0.25, 0.3) is 44.6 Å². The van der Waals surface area contributed by atoms with Gasteiger partial charge in [-0.05, 0) is 70.8 Å². The van der Waals surface area contributed by atoms with E-state index in [1.54, 1.807) is 0 Å². The van der Waals surface area contributed by atoms with Gasteiger partial charge >= 0.3 is 0 Å². The van der Waals surface area contributed by atoms with Crippen LogP contribution < -0.4 is 0 Å². The van der Waals surface area contributed by atoms with Gasteiger partial charge in [0.05, 0.1) is 22.1 Å². The first-order valence-electron chi connectivity index (χ1n) is 14.3. The zero-order valence-electron chi connectivity index (χ0n) is 24.5. The Morgan fingerprint density at radius 2 is 1.50 bits per heavy atom. The van der Waals surface area contributed by atoms with Gasteiger partial charge in [-0.3, -0.25) is 0 Å². The smallest absolute Gasteiger partial charge is 0.140 e. The van der Waals surface area contributed by atoms with Crippen LogP contribution >= 0.6 is 0 Å². The van der Waals surface area contributed by atoms with Gasteiger partial charge in [-0.1, -0.05) is 88.4 Å². The standard InChI is InChI=1S/C36H38N4/c1-7-12-33-38-34-24(2)21-27(35-37-30-15-10-11-16-31(30)39(35)6)22-32(34)40(33)23-25-17-19-26(20-18-25)28-13-8-9-14-29(28)36(3,4)5/h8-11,13-22H,7,12,23H2,1-6H3. The fourth-order valence-corrected chi connectivity index (χ4v) is 5.93. The third-order valence-electron chi connectivity index (χ3n) is 7.98. The minimum atomic E-state index is 0.0919. The highest BCUT2D eigenvalue weighted by Gasteiger charge is 2.19. The zero-order chi connectivity index (χ0) is 28.0. The van der Waals surface area contributed by atoms with Gasteiger partial charge in [0.1, 0.15) is 11.6 Å². The maximum absolute atomic E-state index is 5.14. The van der Waals surface area contributed by atoms with Crippen molar-refractivity contribution >= 4 is 22.1 Å². The molecule has 40 heavy (non-hydrogen) atoms. The number of para-hydroxylation sites is 2. The predicted molar refractivity (Wildman–Crippen MR) is 168 cm³/mol. The molecule has 6 aromatic rings. The fraction of sp³-hybridized carbons (Fsp3) is 0.278. The number of rotatable bonds is 6. The third kappa shape index (κ3) is 4.62. The molecule has 6 rings (SSSR count). The maximum Gasteiger partial charge on any atom is 0.140 e. The van der Waals surface area contributed by atoms with E-state index in [0.717, 1.165) is 53.1 Å². The fourth-order valence-electron chi connectivity index (χ4n) is 5.93. The Morgan fingerprint density at radius 1 is 0.775 bits per heavy atom. The molecule has 4 aromatic carbocycles. The molecule has 0 saturated carbocycles. The Balaban J connectivity index is 1.42. The highest BCUT2D eigenvalue weighted by Crippen LogP contribution is 2.34. The number of hydrogen-bond donors (Lipinski definition) is 0. The van der Waals surface area contributed by atoms with Crippen molar-refractivity contribution in [3.05, 3.63) is 107 Å². The van der Waals surface area contributed by atoms with Crippen LogP contribution in [0.4, 0.5) is 0 Å². The Morgan fingerprint density at radius 3 is 2.23 bits per heavy atom. The van der Waals surface area contributed by atoms with Crippen LogP contribution in [-0.4, -0.2) is 19.1 Å². The number of benzene rings is 4. The Bertz CT molecular complexity index is 1830. The lowest BCUT2D eigenvalue weighted by Gasteiger charge is -2.23. The summed E-state index contributed by atoms with van der Waals surface area (Å²) in [7, 11) is 2.10. The molecule has 0 N–H and O–H groups in total. The summed E-state index contributed by atoms with van der Waals surface area (Å²) in [6, 6.07) is 30.7. The Kier molecular flexibility index (Phi) is 6.58. The van der Waals surface area contributed by atoms with Crippen molar-refractivity contribution in [2.24, 2.45) is 7.05 Å². The molecule has 0 aliphatic rings. The second-order valence-corrected chi connectivity index (χ2v) is 12.0. The number of imidazole rings is 2. The molecule has 2 heterocycles. The minimum absolute atomic E-state index is 0.0919. The van der Waals surface area contributed by atoms with Gasteiger partial charge in [0, 0.05) is 25.6 Å². The number of aromatic nitrogens is 4. The molecule has 4 heteroatoms. The van der Waals surface area contributed by atoms with Gasteiger partial charge in [0.15, 0.2) is 0 Å². The van der Waals surface area contributed by atoms with Gasteiger partial charge in [-0.2, -0.15) is 0 Å². The largest absolute Gasteiger partial charge is 0.327 e. The topological polar surface area (TPSA) is 35.6 Å². The van der Waals surface area contributed by atoms with Gasteiger partial charge < -0.3 is 9.13 Å². The summed E-state index contributed by atoms with van der Waals surface area (Å²) in [5.74, 6) is 2.13. The van der Waals surface area contributed by atoms with Crippen molar-refractivity contribution in [2.45, 2.75) is 59.4 Å². The Hall–Kier alpha value is -4.18.